The second-order valence-corrected chi connectivity index (χ2v) is 11.5. The summed E-state index contributed by atoms with van der Waals surface area (Å²) in [6.07, 6.45) is 0.793. The average molecular weight is 568 g/mol. The van der Waals surface area contributed by atoms with Gasteiger partial charge in [0.2, 0.25) is 0 Å². The zero-order valence-corrected chi connectivity index (χ0v) is 24.0. The molecule has 0 amide bonds. The second-order valence-electron chi connectivity index (χ2n) is 9.52. The number of fused-ring (bicyclic) bond motifs is 3. The maximum atomic E-state index is 14.2. The molecular weight excluding hydrogens is 537 g/mol. The van der Waals surface area contributed by atoms with Crippen LogP contribution < -0.4 is 15.0 Å². The molecule has 0 atom stereocenters. The van der Waals surface area contributed by atoms with Crippen molar-refractivity contribution in [3.8, 4) is 17.2 Å². The fourth-order valence-electron chi connectivity index (χ4n) is 4.72. The Morgan fingerprint density at radius 3 is 2.64 bits per heavy atom. The number of aromatic nitrogens is 2. The van der Waals surface area contributed by atoms with E-state index in [0.717, 1.165) is 25.1 Å². The molecule has 4 aromatic rings. The summed E-state index contributed by atoms with van der Waals surface area (Å²) in [7, 11) is 1.38. The number of halogens is 1. The predicted molar refractivity (Wildman–Crippen MR) is 154 cm³/mol. The molecule has 3 heterocycles. The Kier molecular flexibility index (Phi) is 8.06. The van der Waals surface area contributed by atoms with E-state index in [4.69, 9.17) is 14.5 Å². The maximum Gasteiger partial charge on any atom is 0.267 e. The van der Waals surface area contributed by atoms with Crippen LogP contribution in [0.1, 0.15) is 41.6 Å². The molecule has 5 rings (SSSR count). The molecular formula is C29H30FN3O4S2. The molecule has 39 heavy (non-hydrogen) atoms. The fourth-order valence-corrected chi connectivity index (χ4v) is 6.91. The Balaban J connectivity index is 1.55. The van der Waals surface area contributed by atoms with Crippen LogP contribution in [0.25, 0.3) is 15.9 Å². The summed E-state index contributed by atoms with van der Waals surface area (Å²) in [6, 6.07) is 11.8. The topological polar surface area (TPSA) is 73.7 Å². The Hall–Kier alpha value is -3.21. The first-order valence-electron chi connectivity index (χ1n) is 12.8. The van der Waals surface area contributed by atoms with Crippen LogP contribution >= 0.6 is 23.1 Å². The summed E-state index contributed by atoms with van der Waals surface area (Å²) in [5.41, 5.74) is 1.80. The van der Waals surface area contributed by atoms with Crippen LogP contribution in [0.4, 0.5) is 4.39 Å². The molecule has 7 nitrogen and oxygen atoms in total. The normalized spacial score (nSPS) is 13.6. The average Bonchev–Trinajstić information content (AvgIpc) is 3.30. The lowest BCUT2D eigenvalue weighted by Gasteiger charge is -2.30. The number of hydrogen-bond donors (Lipinski definition) is 0. The van der Waals surface area contributed by atoms with E-state index in [1.165, 1.54) is 41.9 Å². The molecule has 0 unspecified atom stereocenters. The Morgan fingerprint density at radius 2 is 1.97 bits per heavy atom. The van der Waals surface area contributed by atoms with Gasteiger partial charge < -0.3 is 9.47 Å². The van der Waals surface area contributed by atoms with E-state index in [2.05, 4.69) is 18.7 Å². The predicted octanol–water partition coefficient (Wildman–Crippen LogP) is 5.74. The van der Waals surface area contributed by atoms with Crippen molar-refractivity contribution in [1.82, 2.24) is 14.5 Å². The largest absolute Gasteiger partial charge is 0.494 e. The number of thioether (sulfide) groups is 1. The minimum atomic E-state index is -0.598. The molecule has 0 bridgehead atoms. The van der Waals surface area contributed by atoms with Crippen molar-refractivity contribution in [1.29, 1.82) is 0 Å². The highest BCUT2D eigenvalue weighted by Crippen LogP contribution is 2.35. The van der Waals surface area contributed by atoms with Crippen LogP contribution in [-0.2, 0) is 13.0 Å². The number of hydrogen-bond acceptors (Lipinski definition) is 8. The highest BCUT2D eigenvalue weighted by Gasteiger charge is 2.27. The molecule has 0 aliphatic carbocycles. The lowest BCUT2D eigenvalue weighted by molar-refractivity contribution is 0.102. The third-order valence-electron chi connectivity index (χ3n) is 6.82. The highest BCUT2D eigenvalue weighted by atomic mass is 32.2. The number of nitrogens with zero attached hydrogens (tertiary/aromatic N) is 3. The molecule has 0 fully saturated rings. The van der Waals surface area contributed by atoms with Gasteiger partial charge in [0.15, 0.2) is 22.5 Å². The van der Waals surface area contributed by atoms with Crippen LogP contribution in [0.2, 0.25) is 0 Å². The van der Waals surface area contributed by atoms with Crippen molar-refractivity contribution in [2.45, 2.75) is 44.9 Å². The Bertz CT molecular complexity index is 1580. The summed E-state index contributed by atoms with van der Waals surface area (Å²) in [6.45, 7) is 8.49. The van der Waals surface area contributed by atoms with E-state index in [9.17, 15) is 14.0 Å². The fraction of sp³-hybridized carbons (Fsp3) is 0.345. The van der Waals surface area contributed by atoms with Gasteiger partial charge in [0.25, 0.3) is 5.56 Å². The zero-order valence-electron chi connectivity index (χ0n) is 22.3. The van der Waals surface area contributed by atoms with Crippen LogP contribution in [0, 0.1) is 5.82 Å². The van der Waals surface area contributed by atoms with E-state index >= 15 is 0 Å². The van der Waals surface area contributed by atoms with Gasteiger partial charge in [-0.05, 0) is 75.2 Å². The van der Waals surface area contributed by atoms with Crippen molar-refractivity contribution in [3.05, 3.63) is 74.6 Å². The van der Waals surface area contributed by atoms with E-state index in [1.54, 1.807) is 15.9 Å². The second kappa shape index (κ2) is 11.5. The van der Waals surface area contributed by atoms with Crippen molar-refractivity contribution in [2.24, 2.45) is 0 Å². The lowest BCUT2D eigenvalue weighted by atomic mass is 10.0. The van der Waals surface area contributed by atoms with Crippen LogP contribution in [0.3, 0.4) is 0 Å². The SMILES string of the molecule is CCOc1ccc(-n2c(SCC(=O)c3ccc(OC)c(F)c3)nc3sc4c(c3c2=O)CCN(C(C)C)C4)cc1. The monoisotopic (exact) mass is 567 g/mol. The standard InChI is InChI=1S/C29H30FN3O4S2/c1-5-37-20-9-7-19(8-10-20)33-28(35)26-21-12-13-32(17(2)3)15-25(21)39-27(26)31-29(33)38-16-23(34)18-6-11-24(36-4)22(30)14-18/h6-11,14,17H,5,12-13,15-16H2,1-4H3. The van der Waals surface area contributed by atoms with Crippen molar-refractivity contribution in [3.63, 3.8) is 0 Å². The summed E-state index contributed by atoms with van der Waals surface area (Å²) >= 11 is 2.72. The molecule has 2 aromatic carbocycles. The number of ether oxygens (including phenoxy) is 2. The van der Waals surface area contributed by atoms with Crippen LogP contribution in [0.15, 0.2) is 52.4 Å². The molecule has 1 aliphatic rings. The number of Topliss-reactive ketones (excluding diaryl/α,β-unsaturated/α-hetero) is 1. The quantitative estimate of drug-likeness (QED) is 0.145. The number of carbonyl (C=O) groups excluding carboxylic acids is 1. The third kappa shape index (κ3) is 5.46. The van der Waals surface area contributed by atoms with Crippen molar-refractivity contribution in [2.75, 3.05) is 26.0 Å². The molecule has 0 saturated carbocycles. The molecule has 2 aromatic heterocycles. The van der Waals surface area contributed by atoms with Gasteiger partial charge in [-0.2, -0.15) is 0 Å². The summed E-state index contributed by atoms with van der Waals surface area (Å²) in [5.74, 6) is -0.0947. The summed E-state index contributed by atoms with van der Waals surface area (Å²) < 4.78 is 26.3. The zero-order chi connectivity index (χ0) is 27.7. The first-order chi connectivity index (χ1) is 18.8. The van der Waals surface area contributed by atoms with Gasteiger partial charge in [-0.3, -0.25) is 19.1 Å². The minimum Gasteiger partial charge on any atom is -0.494 e. The molecule has 0 spiro atoms. The van der Waals surface area contributed by atoms with Crippen molar-refractivity contribution < 1.29 is 18.7 Å². The van der Waals surface area contributed by atoms with Gasteiger partial charge in [0.1, 0.15) is 10.6 Å². The molecule has 0 N–H and O–H groups in total. The van der Waals surface area contributed by atoms with E-state index in [-0.39, 0.29) is 28.4 Å². The molecule has 0 radical (unpaired) electrons. The number of carbonyl (C=O) groups is 1. The molecule has 1 aliphatic heterocycles. The van der Waals surface area contributed by atoms with Gasteiger partial charge in [0, 0.05) is 29.6 Å². The van der Waals surface area contributed by atoms with Gasteiger partial charge in [0.05, 0.1) is 30.5 Å². The Labute approximate surface area is 234 Å². The molecule has 0 saturated heterocycles. The summed E-state index contributed by atoms with van der Waals surface area (Å²) in [4.78, 5) is 36.2. The van der Waals surface area contributed by atoms with E-state index in [1.807, 2.05) is 31.2 Å². The van der Waals surface area contributed by atoms with Gasteiger partial charge >= 0.3 is 0 Å². The molecule has 204 valence electrons. The summed E-state index contributed by atoms with van der Waals surface area (Å²) in [5, 5.41) is 1.07. The third-order valence-corrected chi connectivity index (χ3v) is 8.86. The minimum absolute atomic E-state index is 0.00698. The van der Waals surface area contributed by atoms with E-state index in [0.29, 0.717) is 39.5 Å². The number of methoxy groups -OCH3 is 1. The van der Waals surface area contributed by atoms with Gasteiger partial charge in [-0.15, -0.1) is 11.3 Å². The first kappa shape index (κ1) is 27.4. The smallest absolute Gasteiger partial charge is 0.267 e. The highest BCUT2D eigenvalue weighted by molar-refractivity contribution is 7.99. The van der Waals surface area contributed by atoms with E-state index < -0.39 is 5.82 Å². The van der Waals surface area contributed by atoms with Gasteiger partial charge in [-0.1, -0.05) is 11.8 Å². The van der Waals surface area contributed by atoms with Crippen LogP contribution in [0.5, 0.6) is 11.5 Å². The first-order valence-corrected chi connectivity index (χ1v) is 14.6. The number of thiophene rings is 1. The molecule has 10 heteroatoms. The maximum absolute atomic E-state index is 14.2. The Morgan fingerprint density at radius 1 is 1.21 bits per heavy atom. The number of rotatable bonds is 9. The van der Waals surface area contributed by atoms with Gasteiger partial charge in [-0.25, -0.2) is 9.37 Å². The van der Waals surface area contributed by atoms with Crippen molar-refractivity contribution >= 4 is 39.1 Å². The lowest BCUT2D eigenvalue weighted by Crippen LogP contribution is -2.35. The number of benzene rings is 2. The van der Waals surface area contributed by atoms with Crippen LogP contribution in [-0.4, -0.2) is 52.3 Å². The number of ketones is 1.